The van der Waals surface area contributed by atoms with Gasteiger partial charge >= 0.3 is 0 Å². The van der Waals surface area contributed by atoms with Crippen molar-refractivity contribution < 1.29 is 24.2 Å². The van der Waals surface area contributed by atoms with Crippen molar-refractivity contribution in [2.75, 3.05) is 18.6 Å². The van der Waals surface area contributed by atoms with Gasteiger partial charge in [-0.2, -0.15) is 9.78 Å². The van der Waals surface area contributed by atoms with E-state index < -0.39 is 25.7 Å². The molecule has 58 heavy (non-hydrogen) atoms. The molecule has 0 bridgehead atoms. The maximum Gasteiger partial charge on any atom is 0.279 e. The molecule has 4 heterocycles. The maximum atomic E-state index is 15.5. The van der Waals surface area contributed by atoms with Gasteiger partial charge in [0.2, 0.25) is 5.91 Å². The Hall–Kier alpha value is -5.88. The second kappa shape index (κ2) is 14.5. The lowest BCUT2D eigenvalue weighted by atomic mass is 9.82. The van der Waals surface area contributed by atoms with E-state index in [1.54, 1.807) is 29.2 Å². The zero-order valence-corrected chi connectivity index (χ0v) is 34.0. The quantitative estimate of drug-likeness (QED) is 0.173. The molecule has 5 atom stereocenters. The lowest BCUT2D eigenvalue weighted by Crippen LogP contribution is -2.52. The summed E-state index contributed by atoms with van der Waals surface area (Å²) in [5, 5.41) is 17.5. The molecule has 1 aromatic heterocycles. The smallest absolute Gasteiger partial charge is 0.279 e. The van der Waals surface area contributed by atoms with Crippen molar-refractivity contribution in [3.8, 4) is 11.4 Å². The third-order valence-corrected chi connectivity index (χ3v) is 17.3. The number of benzene rings is 5. The Balaban J connectivity index is 1.20. The summed E-state index contributed by atoms with van der Waals surface area (Å²) in [4.78, 5) is 47.7. The molecule has 0 aliphatic carbocycles. The van der Waals surface area contributed by atoms with E-state index in [9.17, 15) is 14.7 Å². The van der Waals surface area contributed by atoms with Gasteiger partial charge in [-0.25, -0.2) is 0 Å². The summed E-state index contributed by atoms with van der Waals surface area (Å²) in [5.41, 5.74) is 2.69. The lowest BCUT2D eigenvalue weighted by molar-refractivity contribution is -0.150. The van der Waals surface area contributed by atoms with Crippen LogP contribution in [0.1, 0.15) is 30.0 Å². The van der Waals surface area contributed by atoms with Crippen LogP contribution >= 0.6 is 0 Å². The first-order valence-electron chi connectivity index (χ1n) is 19.9. The van der Waals surface area contributed by atoms with E-state index in [2.05, 4.69) is 43.3 Å². The predicted octanol–water partition coefficient (Wildman–Crippen LogP) is 6.62. The van der Waals surface area contributed by atoms with Gasteiger partial charge in [0.15, 0.2) is 5.60 Å². The molecular weight excluding hydrogens is 745 g/mol. The minimum absolute atomic E-state index is 0.0291. The normalized spacial score (nSPS) is 22.7. The van der Waals surface area contributed by atoms with Gasteiger partial charge in [-0.05, 0) is 71.6 Å². The molecule has 1 fully saturated rings. The molecule has 1 spiro atoms. The first-order chi connectivity index (χ1) is 28.1. The van der Waals surface area contributed by atoms with E-state index in [-0.39, 0.29) is 42.0 Å². The number of rotatable bonds is 8. The second-order valence-corrected chi connectivity index (χ2v) is 21.0. The number of anilines is 2. The van der Waals surface area contributed by atoms with Crippen molar-refractivity contribution in [1.82, 2.24) is 14.7 Å². The fourth-order valence-electron chi connectivity index (χ4n) is 10.00. The molecule has 1 saturated heterocycles. The number of hydrogen-bond donors (Lipinski definition) is 1. The van der Waals surface area contributed by atoms with Crippen LogP contribution in [0.4, 0.5) is 11.4 Å². The van der Waals surface area contributed by atoms with Gasteiger partial charge in [0.1, 0.15) is 5.75 Å². The van der Waals surface area contributed by atoms with E-state index >= 15 is 4.79 Å². The van der Waals surface area contributed by atoms with Crippen LogP contribution in [0, 0.1) is 5.92 Å². The average molecular weight is 791 g/mol. The van der Waals surface area contributed by atoms with Crippen molar-refractivity contribution in [2.24, 2.45) is 5.92 Å². The lowest BCUT2D eigenvalue weighted by Gasteiger charge is -2.39. The minimum atomic E-state index is -2.61. The summed E-state index contributed by atoms with van der Waals surface area (Å²) in [5.74, 6) is -0.0204. The number of carbonyl (C=O) groups excluding carboxylic acids is 2. The Morgan fingerprint density at radius 1 is 0.897 bits per heavy atom. The molecule has 1 N–H and O–H groups in total. The predicted molar refractivity (Wildman–Crippen MR) is 227 cm³/mol. The van der Waals surface area contributed by atoms with Crippen molar-refractivity contribution in [1.29, 1.82) is 0 Å². The molecular formula is C47H46N4O6Si. The second-order valence-electron chi connectivity index (χ2n) is 16.3. The number of amides is 2. The van der Waals surface area contributed by atoms with Crippen molar-refractivity contribution in [2.45, 2.75) is 62.7 Å². The number of hydrogen-bond acceptors (Lipinski definition) is 7. The van der Waals surface area contributed by atoms with Crippen molar-refractivity contribution in [3.63, 3.8) is 0 Å². The highest BCUT2D eigenvalue weighted by atomic mass is 28.3. The first kappa shape index (κ1) is 37.7. The molecule has 10 nitrogen and oxygen atoms in total. The van der Waals surface area contributed by atoms with Crippen LogP contribution in [0.25, 0.3) is 16.5 Å². The number of aromatic nitrogens is 2. The number of methoxy groups -OCH3 is 1. The standard InChI is InChI=1S/C47H46N4O6Si/c1-30-44(58(3,4)38-21-19-37(56-2)20-22-38)42(26-43(53)49-28-33-14-9-8-12-31(33)24-36(49)29-52)57-47(30)40-25-35(51-45(54)39-17-11-10-13-32(39)27-48-51)18-23-41(40)50(46(47)55)34-15-6-5-7-16-34/h5-23,25,27,30,36,42,44,52H,24,26,28-29H2,1-4H3/t30-,36+,42+,44-,47+/m1/s1. The minimum Gasteiger partial charge on any atom is -0.497 e. The van der Waals surface area contributed by atoms with Crippen molar-refractivity contribution >= 4 is 47.2 Å². The fraction of sp³-hybridized carbons (Fsp3) is 0.277. The topological polar surface area (TPSA) is 114 Å². The number of carbonyl (C=O) groups is 2. The number of aliphatic hydroxyl groups excluding tert-OH is 1. The Kier molecular flexibility index (Phi) is 9.42. The largest absolute Gasteiger partial charge is 0.497 e. The van der Waals surface area contributed by atoms with Gasteiger partial charge in [-0.3, -0.25) is 19.3 Å². The highest BCUT2D eigenvalue weighted by molar-refractivity contribution is 6.91. The van der Waals surface area contributed by atoms with Gasteiger partial charge < -0.3 is 19.5 Å². The SMILES string of the molecule is COc1ccc([Si](C)(C)[C@H]2[C@H](CC(=O)N3Cc4ccccc4C[C@H]3CO)O[C@@]3(C(=O)N(c4ccccc4)c4ccc(-n5ncc6ccccc6c5=O)cc43)[C@@H]2C)cc1. The highest BCUT2D eigenvalue weighted by Gasteiger charge is 2.67. The summed E-state index contributed by atoms with van der Waals surface area (Å²) < 4.78 is 14.3. The van der Waals surface area contributed by atoms with E-state index in [1.165, 1.54) is 4.68 Å². The molecule has 5 aromatic carbocycles. The number of para-hydroxylation sites is 1. The molecule has 6 aromatic rings. The molecule has 11 heteroatoms. The van der Waals surface area contributed by atoms with Crippen LogP contribution in [-0.2, 0) is 32.9 Å². The molecule has 3 aliphatic heterocycles. The molecule has 0 radical (unpaired) electrons. The third-order valence-electron chi connectivity index (χ3n) is 12.9. The van der Waals surface area contributed by atoms with Crippen LogP contribution in [0.2, 0.25) is 18.6 Å². The molecule has 294 valence electrons. The van der Waals surface area contributed by atoms with Crippen LogP contribution in [0.5, 0.6) is 5.75 Å². The first-order valence-corrected chi connectivity index (χ1v) is 23.0. The Labute approximate surface area is 338 Å². The van der Waals surface area contributed by atoms with Crippen molar-refractivity contribution in [3.05, 3.63) is 155 Å². The van der Waals surface area contributed by atoms with Gasteiger partial charge in [-0.15, -0.1) is 0 Å². The summed E-state index contributed by atoms with van der Waals surface area (Å²) in [6.07, 6.45) is 1.61. The Morgan fingerprint density at radius 2 is 1.60 bits per heavy atom. The number of nitrogens with zero attached hydrogens (tertiary/aromatic N) is 4. The number of fused-ring (bicyclic) bond motifs is 4. The van der Waals surface area contributed by atoms with Gasteiger partial charge in [0.25, 0.3) is 11.5 Å². The molecule has 0 saturated carbocycles. The maximum absolute atomic E-state index is 15.5. The zero-order chi connectivity index (χ0) is 40.3. The molecule has 0 unspecified atom stereocenters. The molecule has 2 amide bonds. The molecule has 9 rings (SSSR count). The highest BCUT2D eigenvalue weighted by Crippen LogP contribution is 2.61. The van der Waals surface area contributed by atoms with E-state index in [4.69, 9.17) is 9.47 Å². The Bertz CT molecular complexity index is 2610. The fourth-order valence-corrected chi connectivity index (χ4v) is 14.0. The Morgan fingerprint density at radius 3 is 2.34 bits per heavy atom. The van der Waals surface area contributed by atoms with Gasteiger partial charge in [0, 0.05) is 29.1 Å². The summed E-state index contributed by atoms with van der Waals surface area (Å²) in [6, 6.07) is 38.2. The summed E-state index contributed by atoms with van der Waals surface area (Å²) >= 11 is 0. The van der Waals surface area contributed by atoms with Crippen LogP contribution in [0.3, 0.4) is 0 Å². The van der Waals surface area contributed by atoms with Crippen LogP contribution < -0.4 is 20.4 Å². The summed E-state index contributed by atoms with van der Waals surface area (Å²) in [6.45, 7) is 6.88. The molecule has 3 aliphatic rings. The van der Waals surface area contributed by atoms with Crippen LogP contribution in [0.15, 0.2) is 132 Å². The number of ether oxygens (including phenoxy) is 2. The van der Waals surface area contributed by atoms with Gasteiger partial charge in [0.05, 0.1) is 63.3 Å². The van der Waals surface area contributed by atoms with E-state index in [0.29, 0.717) is 41.0 Å². The van der Waals surface area contributed by atoms with E-state index in [1.807, 2.05) is 97.1 Å². The van der Waals surface area contributed by atoms with Crippen LogP contribution in [-0.4, -0.2) is 65.5 Å². The van der Waals surface area contributed by atoms with Gasteiger partial charge in [-0.1, -0.05) is 98.0 Å². The average Bonchev–Trinajstić information content (AvgIpc) is 3.69. The van der Waals surface area contributed by atoms with E-state index in [0.717, 1.165) is 27.4 Å². The monoisotopic (exact) mass is 790 g/mol. The summed E-state index contributed by atoms with van der Waals surface area (Å²) in [7, 11) is -0.964. The number of aliphatic hydroxyl groups is 1. The zero-order valence-electron chi connectivity index (χ0n) is 33.0. The third kappa shape index (κ3) is 5.90.